The molecule has 0 aromatic heterocycles. The van der Waals surface area contributed by atoms with Gasteiger partial charge in [0.25, 0.3) is 0 Å². The van der Waals surface area contributed by atoms with Gasteiger partial charge in [0, 0.05) is 0 Å². The van der Waals surface area contributed by atoms with Crippen LogP contribution in [-0.4, -0.2) is 35.7 Å². The summed E-state index contributed by atoms with van der Waals surface area (Å²) in [5.41, 5.74) is 5.42. The maximum Gasteiger partial charge on any atom is 0.490 e. The van der Waals surface area contributed by atoms with Crippen LogP contribution in [0.2, 0.25) is 0 Å². The molecule has 8 heteroatoms. The molecular weight excluding hydrogens is 253 g/mol. The van der Waals surface area contributed by atoms with Crippen molar-refractivity contribution >= 4 is 11.9 Å². The van der Waals surface area contributed by atoms with Crippen molar-refractivity contribution in [2.45, 2.75) is 18.6 Å². The lowest BCUT2D eigenvalue weighted by Crippen LogP contribution is -2.40. The first-order valence-electron chi connectivity index (χ1n) is 4.54. The Bertz CT molecular complexity index is 334. The zero-order chi connectivity index (χ0) is 14.8. The van der Waals surface area contributed by atoms with Gasteiger partial charge in [-0.15, -0.1) is 13.0 Å². The highest BCUT2D eigenvalue weighted by Gasteiger charge is 2.38. The third-order valence-corrected chi connectivity index (χ3v) is 1.36. The van der Waals surface area contributed by atoms with Crippen LogP contribution in [0, 0.1) is 12.3 Å². The van der Waals surface area contributed by atoms with Gasteiger partial charge in [0.05, 0.1) is 12.6 Å². The summed E-state index contributed by atoms with van der Waals surface area (Å²) in [5.74, 6) is -0.708. The molecule has 18 heavy (non-hydrogen) atoms. The average molecular weight is 266 g/mol. The number of amides is 1. The number of alkyl halides is 3. The zero-order valence-electron chi connectivity index (χ0n) is 9.33. The van der Waals surface area contributed by atoms with Crippen LogP contribution in [0.15, 0.2) is 12.7 Å². The molecule has 5 nitrogen and oxygen atoms in total. The standard InChI is InChI=1S/C8H12N2O.C2HF3O2/c1-3-5-7(9)8(11)10-6-4-2;3-2(4,5)1(6)7/h2-3,7H,1,5-6,9H2,(H,10,11);(H,6,7)/t7-;/m1./s1. The largest absolute Gasteiger partial charge is 0.490 e. The maximum atomic E-state index is 10.9. The lowest BCUT2D eigenvalue weighted by atomic mass is 10.2. The van der Waals surface area contributed by atoms with E-state index >= 15 is 0 Å². The van der Waals surface area contributed by atoms with E-state index in [1.54, 1.807) is 6.08 Å². The molecular formula is C10H13F3N2O3. The highest BCUT2D eigenvalue weighted by atomic mass is 19.4. The molecule has 0 aromatic carbocycles. The Kier molecular flexibility index (Phi) is 9.25. The Morgan fingerprint density at radius 3 is 2.28 bits per heavy atom. The summed E-state index contributed by atoms with van der Waals surface area (Å²) < 4.78 is 31.7. The molecule has 0 aliphatic rings. The van der Waals surface area contributed by atoms with Gasteiger partial charge in [0.15, 0.2) is 0 Å². The molecule has 0 rings (SSSR count). The third-order valence-electron chi connectivity index (χ3n) is 1.36. The normalized spacial score (nSPS) is 11.3. The van der Waals surface area contributed by atoms with Crippen molar-refractivity contribution in [3.8, 4) is 12.3 Å². The van der Waals surface area contributed by atoms with Crippen molar-refractivity contribution in [1.82, 2.24) is 5.32 Å². The minimum atomic E-state index is -5.08. The molecule has 0 radical (unpaired) electrons. The van der Waals surface area contributed by atoms with E-state index < -0.39 is 18.2 Å². The average Bonchev–Trinajstić information content (AvgIpc) is 2.25. The van der Waals surface area contributed by atoms with Gasteiger partial charge in [0.1, 0.15) is 0 Å². The van der Waals surface area contributed by atoms with Crippen molar-refractivity contribution in [2.75, 3.05) is 6.54 Å². The number of hydrogen-bond donors (Lipinski definition) is 3. The van der Waals surface area contributed by atoms with Crippen LogP contribution in [-0.2, 0) is 9.59 Å². The smallest absolute Gasteiger partial charge is 0.475 e. The molecule has 0 aliphatic heterocycles. The molecule has 0 aromatic rings. The fraction of sp³-hybridized carbons (Fsp3) is 0.400. The van der Waals surface area contributed by atoms with Crippen LogP contribution >= 0.6 is 0 Å². The van der Waals surface area contributed by atoms with Crippen LogP contribution in [0.1, 0.15) is 6.42 Å². The molecule has 4 N–H and O–H groups in total. The number of halogens is 3. The fourth-order valence-electron chi connectivity index (χ4n) is 0.556. The van der Waals surface area contributed by atoms with E-state index in [1.165, 1.54) is 0 Å². The number of carbonyl (C=O) groups is 2. The number of nitrogens with two attached hydrogens (primary N) is 1. The SMILES string of the molecule is C#CCNC(=O)[C@H](N)CC=C.O=C(O)C(F)(F)F. The van der Waals surface area contributed by atoms with E-state index in [0.29, 0.717) is 6.42 Å². The number of carboxylic acid groups (broad SMARTS) is 1. The summed E-state index contributed by atoms with van der Waals surface area (Å²) in [7, 11) is 0. The molecule has 0 aliphatic carbocycles. The summed E-state index contributed by atoms with van der Waals surface area (Å²) in [6.45, 7) is 3.69. The molecule has 1 atom stereocenters. The van der Waals surface area contributed by atoms with Crippen LogP contribution in [0.25, 0.3) is 0 Å². The van der Waals surface area contributed by atoms with E-state index in [1.807, 2.05) is 0 Å². The van der Waals surface area contributed by atoms with Gasteiger partial charge < -0.3 is 16.2 Å². The quantitative estimate of drug-likeness (QED) is 0.503. The van der Waals surface area contributed by atoms with Gasteiger partial charge in [-0.2, -0.15) is 13.2 Å². The van der Waals surface area contributed by atoms with Crippen molar-refractivity contribution in [2.24, 2.45) is 5.73 Å². The fourth-order valence-corrected chi connectivity index (χ4v) is 0.556. The Morgan fingerprint density at radius 1 is 1.56 bits per heavy atom. The van der Waals surface area contributed by atoms with Gasteiger partial charge in [-0.3, -0.25) is 4.79 Å². The van der Waals surface area contributed by atoms with Crippen LogP contribution in [0.5, 0.6) is 0 Å². The van der Waals surface area contributed by atoms with Gasteiger partial charge in [-0.1, -0.05) is 12.0 Å². The summed E-state index contributed by atoms with van der Waals surface area (Å²) in [6.07, 6.45) is 1.91. The van der Waals surface area contributed by atoms with Gasteiger partial charge >= 0.3 is 12.1 Å². The van der Waals surface area contributed by atoms with Gasteiger partial charge in [-0.25, -0.2) is 4.79 Å². The highest BCUT2D eigenvalue weighted by Crippen LogP contribution is 2.13. The lowest BCUT2D eigenvalue weighted by molar-refractivity contribution is -0.192. The van der Waals surface area contributed by atoms with Crippen molar-refractivity contribution < 1.29 is 27.9 Å². The predicted octanol–water partition coefficient (Wildman–Crippen LogP) is 0.272. The third kappa shape index (κ3) is 10.5. The number of carboxylic acids is 1. The Hall–Kier alpha value is -2.01. The first kappa shape index (κ1) is 18.4. The predicted molar refractivity (Wildman–Crippen MR) is 58.3 cm³/mol. The van der Waals surface area contributed by atoms with Crippen molar-refractivity contribution in [1.29, 1.82) is 0 Å². The van der Waals surface area contributed by atoms with E-state index in [0.717, 1.165) is 0 Å². The van der Waals surface area contributed by atoms with Crippen molar-refractivity contribution in [3.05, 3.63) is 12.7 Å². The zero-order valence-corrected chi connectivity index (χ0v) is 9.33. The monoisotopic (exact) mass is 266 g/mol. The molecule has 0 spiro atoms. The number of carbonyl (C=O) groups excluding carboxylic acids is 1. The summed E-state index contributed by atoms with van der Waals surface area (Å²) in [5, 5.41) is 9.59. The molecule has 102 valence electrons. The molecule has 0 unspecified atom stereocenters. The Morgan fingerprint density at radius 2 is 2.00 bits per heavy atom. The summed E-state index contributed by atoms with van der Waals surface area (Å²) >= 11 is 0. The molecule has 1 amide bonds. The second-order valence-corrected chi connectivity index (χ2v) is 2.86. The topological polar surface area (TPSA) is 92.4 Å². The number of hydrogen-bond acceptors (Lipinski definition) is 3. The van der Waals surface area contributed by atoms with Crippen LogP contribution in [0.3, 0.4) is 0 Å². The van der Waals surface area contributed by atoms with Gasteiger partial charge in [-0.05, 0) is 6.42 Å². The van der Waals surface area contributed by atoms with E-state index in [9.17, 15) is 18.0 Å². The Labute approximate surface area is 102 Å². The molecule has 0 saturated heterocycles. The molecule has 0 fully saturated rings. The molecule has 0 bridgehead atoms. The van der Waals surface area contributed by atoms with Crippen LogP contribution < -0.4 is 11.1 Å². The lowest BCUT2D eigenvalue weighted by Gasteiger charge is -2.06. The van der Waals surface area contributed by atoms with E-state index in [2.05, 4.69) is 17.8 Å². The van der Waals surface area contributed by atoms with Crippen LogP contribution in [0.4, 0.5) is 13.2 Å². The first-order valence-corrected chi connectivity index (χ1v) is 4.54. The summed E-state index contributed by atoms with van der Waals surface area (Å²) in [4.78, 5) is 19.8. The Balaban J connectivity index is 0. The molecule has 0 heterocycles. The number of terminal acetylenes is 1. The van der Waals surface area contributed by atoms with Crippen molar-refractivity contribution in [3.63, 3.8) is 0 Å². The van der Waals surface area contributed by atoms with Gasteiger partial charge in [0.2, 0.25) is 5.91 Å². The second kappa shape index (κ2) is 9.07. The first-order chi connectivity index (χ1) is 8.16. The molecule has 0 saturated carbocycles. The highest BCUT2D eigenvalue weighted by molar-refractivity contribution is 5.81. The number of aliphatic carboxylic acids is 1. The number of nitrogens with one attached hydrogen (secondary N) is 1. The number of rotatable bonds is 4. The summed E-state index contributed by atoms with van der Waals surface area (Å²) in [6, 6.07) is -0.527. The second-order valence-electron chi connectivity index (χ2n) is 2.86. The van der Waals surface area contributed by atoms with E-state index in [4.69, 9.17) is 22.1 Å². The minimum Gasteiger partial charge on any atom is -0.475 e. The van der Waals surface area contributed by atoms with E-state index in [-0.39, 0.29) is 12.5 Å². The minimum absolute atomic E-state index is 0.226. The maximum absolute atomic E-state index is 10.9.